The molecule has 0 spiro atoms. The van der Waals surface area contributed by atoms with Crippen LogP contribution in [-0.4, -0.2) is 28.6 Å². The van der Waals surface area contributed by atoms with Crippen molar-refractivity contribution in [1.82, 2.24) is 4.98 Å². The number of carbonyl (C=O) groups is 2. The normalized spacial score (nSPS) is 13.6. The minimum absolute atomic E-state index is 0.00361. The molecule has 1 atom stereocenters. The Kier molecular flexibility index (Phi) is 5.95. The summed E-state index contributed by atoms with van der Waals surface area (Å²) in [6.45, 7) is 3.61. The van der Waals surface area contributed by atoms with Gasteiger partial charge in [0.1, 0.15) is 0 Å². The van der Waals surface area contributed by atoms with E-state index in [0.717, 1.165) is 0 Å². The first-order chi connectivity index (χ1) is 9.47. The van der Waals surface area contributed by atoms with Crippen molar-refractivity contribution >= 4 is 23.5 Å². The highest BCUT2D eigenvalue weighted by molar-refractivity contribution is 6.31. The van der Waals surface area contributed by atoms with Crippen molar-refractivity contribution in [2.24, 2.45) is 5.41 Å². The molecule has 0 radical (unpaired) electrons. The van der Waals surface area contributed by atoms with E-state index in [4.69, 9.17) is 16.3 Å². The molecule has 1 unspecified atom stereocenters. The Morgan fingerprint density at radius 1 is 1.45 bits per heavy atom. The van der Waals surface area contributed by atoms with E-state index in [-0.39, 0.29) is 19.4 Å². The second kappa shape index (κ2) is 7.24. The van der Waals surface area contributed by atoms with Crippen molar-refractivity contribution in [1.29, 1.82) is 0 Å². The lowest BCUT2D eigenvalue weighted by atomic mass is 9.78. The van der Waals surface area contributed by atoms with E-state index in [1.165, 1.54) is 12.4 Å². The third-order valence-corrected chi connectivity index (χ3v) is 3.44. The van der Waals surface area contributed by atoms with Crippen molar-refractivity contribution in [3.8, 4) is 0 Å². The predicted molar refractivity (Wildman–Crippen MR) is 74.6 cm³/mol. The minimum Gasteiger partial charge on any atom is -0.480 e. The Hall–Kier alpha value is -1.62. The van der Waals surface area contributed by atoms with Crippen LogP contribution in [0.15, 0.2) is 18.5 Å². The fraction of sp³-hybridized carbons (Fsp3) is 0.500. The van der Waals surface area contributed by atoms with E-state index >= 15 is 0 Å². The molecule has 0 fully saturated rings. The monoisotopic (exact) mass is 299 g/mol. The van der Waals surface area contributed by atoms with Gasteiger partial charge in [0.25, 0.3) is 0 Å². The first-order valence-corrected chi connectivity index (χ1v) is 6.84. The van der Waals surface area contributed by atoms with Crippen LogP contribution in [0.25, 0.3) is 0 Å². The SMILES string of the molecule is CCCC(Cc1ccncc1Cl)(C(=O)O)C(=O)OCC. The van der Waals surface area contributed by atoms with Crippen LogP contribution in [0.5, 0.6) is 0 Å². The van der Waals surface area contributed by atoms with Gasteiger partial charge in [0, 0.05) is 18.8 Å². The summed E-state index contributed by atoms with van der Waals surface area (Å²) >= 11 is 6.01. The van der Waals surface area contributed by atoms with Crippen LogP contribution in [0.4, 0.5) is 0 Å². The van der Waals surface area contributed by atoms with Crippen LogP contribution in [0, 0.1) is 5.41 Å². The summed E-state index contributed by atoms with van der Waals surface area (Å²) in [5.74, 6) is -1.91. The average molecular weight is 300 g/mol. The Morgan fingerprint density at radius 2 is 2.15 bits per heavy atom. The van der Waals surface area contributed by atoms with E-state index in [0.29, 0.717) is 17.0 Å². The summed E-state index contributed by atoms with van der Waals surface area (Å²) < 4.78 is 4.95. The van der Waals surface area contributed by atoms with Gasteiger partial charge in [-0.05, 0) is 25.0 Å². The number of esters is 1. The second-order valence-electron chi connectivity index (χ2n) is 4.50. The highest BCUT2D eigenvalue weighted by Gasteiger charge is 2.47. The number of hydrogen-bond donors (Lipinski definition) is 1. The van der Waals surface area contributed by atoms with Gasteiger partial charge in [-0.2, -0.15) is 0 Å². The van der Waals surface area contributed by atoms with Crippen LogP contribution < -0.4 is 0 Å². The maximum atomic E-state index is 12.2. The molecule has 0 aliphatic heterocycles. The van der Waals surface area contributed by atoms with E-state index in [9.17, 15) is 14.7 Å². The maximum absolute atomic E-state index is 12.2. The summed E-state index contributed by atoms with van der Waals surface area (Å²) in [6, 6.07) is 1.62. The molecular formula is C14H18ClNO4. The van der Waals surface area contributed by atoms with Gasteiger partial charge in [-0.1, -0.05) is 24.9 Å². The fourth-order valence-corrected chi connectivity index (χ4v) is 2.29. The average Bonchev–Trinajstić information content (AvgIpc) is 2.40. The van der Waals surface area contributed by atoms with Crippen molar-refractivity contribution < 1.29 is 19.4 Å². The molecule has 0 aromatic carbocycles. The molecule has 1 aromatic heterocycles. The first kappa shape index (κ1) is 16.4. The van der Waals surface area contributed by atoms with Gasteiger partial charge in [-0.25, -0.2) is 0 Å². The smallest absolute Gasteiger partial charge is 0.323 e. The van der Waals surface area contributed by atoms with Crippen molar-refractivity contribution in [2.75, 3.05) is 6.61 Å². The minimum atomic E-state index is -1.60. The molecule has 0 amide bonds. The highest BCUT2D eigenvalue weighted by Crippen LogP contribution is 2.33. The zero-order chi connectivity index (χ0) is 15.2. The number of aliphatic carboxylic acids is 1. The molecule has 1 N–H and O–H groups in total. The van der Waals surface area contributed by atoms with Gasteiger partial charge < -0.3 is 9.84 Å². The van der Waals surface area contributed by atoms with Crippen molar-refractivity contribution in [3.05, 3.63) is 29.0 Å². The van der Waals surface area contributed by atoms with E-state index in [1.807, 2.05) is 6.92 Å². The fourth-order valence-electron chi connectivity index (χ4n) is 2.10. The predicted octanol–water partition coefficient (Wildman–Crippen LogP) is 2.71. The Bertz CT molecular complexity index is 492. The molecule has 0 saturated carbocycles. The Labute approximate surface area is 122 Å². The van der Waals surface area contributed by atoms with Gasteiger partial charge >= 0.3 is 11.9 Å². The van der Waals surface area contributed by atoms with Gasteiger partial charge in [0.15, 0.2) is 5.41 Å². The maximum Gasteiger partial charge on any atom is 0.323 e. The van der Waals surface area contributed by atoms with Crippen LogP contribution in [-0.2, 0) is 20.7 Å². The molecule has 5 nitrogen and oxygen atoms in total. The molecular weight excluding hydrogens is 282 g/mol. The topological polar surface area (TPSA) is 76.5 Å². The standard InChI is InChI=1S/C14H18ClNO4/c1-3-6-14(12(17)18,13(19)20-4-2)8-10-5-7-16-9-11(10)15/h5,7,9H,3-4,6,8H2,1-2H3,(H,17,18). The number of aromatic nitrogens is 1. The largest absolute Gasteiger partial charge is 0.480 e. The number of carboxylic acid groups (broad SMARTS) is 1. The van der Waals surface area contributed by atoms with Crippen LogP contribution >= 0.6 is 11.6 Å². The van der Waals surface area contributed by atoms with E-state index in [1.54, 1.807) is 13.0 Å². The zero-order valence-corrected chi connectivity index (χ0v) is 12.3. The first-order valence-electron chi connectivity index (χ1n) is 6.47. The molecule has 1 aromatic rings. The van der Waals surface area contributed by atoms with Gasteiger partial charge in [-0.3, -0.25) is 14.6 Å². The molecule has 0 bridgehead atoms. The summed E-state index contributed by atoms with van der Waals surface area (Å²) in [4.78, 5) is 27.7. The lowest BCUT2D eigenvalue weighted by Gasteiger charge is -2.27. The van der Waals surface area contributed by atoms with Crippen LogP contribution in [0.3, 0.4) is 0 Å². The summed E-state index contributed by atoms with van der Waals surface area (Å²) in [7, 11) is 0. The molecule has 6 heteroatoms. The summed E-state index contributed by atoms with van der Waals surface area (Å²) in [5.41, 5.74) is -1.03. The van der Waals surface area contributed by atoms with Crippen LogP contribution in [0.1, 0.15) is 32.3 Å². The lowest BCUT2D eigenvalue weighted by molar-refractivity contribution is -0.169. The van der Waals surface area contributed by atoms with Gasteiger partial charge in [-0.15, -0.1) is 0 Å². The van der Waals surface area contributed by atoms with E-state index < -0.39 is 17.4 Å². The van der Waals surface area contributed by atoms with Crippen LogP contribution in [0.2, 0.25) is 5.02 Å². The number of pyridine rings is 1. The number of rotatable bonds is 7. The number of carboxylic acids is 1. The third kappa shape index (κ3) is 3.48. The van der Waals surface area contributed by atoms with Gasteiger partial charge in [0.2, 0.25) is 0 Å². The zero-order valence-electron chi connectivity index (χ0n) is 11.6. The summed E-state index contributed by atoms with van der Waals surface area (Å²) in [6.07, 6.45) is 3.69. The number of ether oxygens (including phenoxy) is 1. The Morgan fingerprint density at radius 3 is 2.65 bits per heavy atom. The quantitative estimate of drug-likeness (QED) is 0.619. The third-order valence-electron chi connectivity index (χ3n) is 3.10. The summed E-state index contributed by atoms with van der Waals surface area (Å²) in [5, 5.41) is 9.89. The highest BCUT2D eigenvalue weighted by atomic mass is 35.5. The molecule has 1 rings (SSSR count). The molecule has 0 aliphatic rings. The second-order valence-corrected chi connectivity index (χ2v) is 4.91. The molecule has 20 heavy (non-hydrogen) atoms. The number of carbonyl (C=O) groups excluding carboxylic acids is 1. The Balaban J connectivity index is 3.19. The number of hydrogen-bond acceptors (Lipinski definition) is 4. The van der Waals surface area contributed by atoms with Gasteiger partial charge in [0.05, 0.1) is 11.6 Å². The molecule has 1 heterocycles. The van der Waals surface area contributed by atoms with E-state index in [2.05, 4.69) is 4.98 Å². The molecule has 0 aliphatic carbocycles. The number of nitrogens with zero attached hydrogens (tertiary/aromatic N) is 1. The molecule has 110 valence electrons. The van der Waals surface area contributed by atoms with Crippen molar-refractivity contribution in [3.63, 3.8) is 0 Å². The number of halogens is 1. The molecule has 0 saturated heterocycles. The van der Waals surface area contributed by atoms with Crippen molar-refractivity contribution in [2.45, 2.75) is 33.1 Å². The lowest BCUT2D eigenvalue weighted by Crippen LogP contribution is -2.42.